The lowest BCUT2D eigenvalue weighted by atomic mass is 10.1. The largest absolute Gasteiger partial charge is 0.480 e. The molecular weight excluding hydrogens is 240 g/mol. The number of piperazine rings is 1. The van der Waals surface area contributed by atoms with E-state index < -0.39 is 12.0 Å². The molecule has 0 saturated carbocycles. The summed E-state index contributed by atoms with van der Waals surface area (Å²) >= 11 is 1.54. The van der Waals surface area contributed by atoms with Crippen LogP contribution < -0.4 is 5.32 Å². The highest BCUT2D eigenvalue weighted by Gasteiger charge is 2.31. The summed E-state index contributed by atoms with van der Waals surface area (Å²) in [4.78, 5) is 24.5. The summed E-state index contributed by atoms with van der Waals surface area (Å²) in [7, 11) is 0. The molecule has 1 aliphatic heterocycles. The Labute approximate surface area is 103 Å². The average molecular weight is 254 g/mol. The van der Waals surface area contributed by atoms with Crippen LogP contribution in [0.1, 0.15) is 5.56 Å². The Balaban J connectivity index is 2.03. The predicted octanol–water partition coefficient (Wildman–Crippen LogP) is 0.176. The van der Waals surface area contributed by atoms with E-state index >= 15 is 0 Å². The summed E-state index contributed by atoms with van der Waals surface area (Å²) in [5.74, 6) is -1.06. The van der Waals surface area contributed by atoms with Crippen molar-refractivity contribution in [1.29, 1.82) is 0 Å². The summed E-state index contributed by atoms with van der Waals surface area (Å²) in [6.07, 6.45) is 0.285. The third kappa shape index (κ3) is 2.83. The van der Waals surface area contributed by atoms with Crippen LogP contribution in [0, 0.1) is 0 Å². The molecule has 1 amide bonds. The van der Waals surface area contributed by atoms with Gasteiger partial charge in [-0.3, -0.25) is 4.79 Å². The molecule has 0 aromatic carbocycles. The van der Waals surface area contributed by atoms with Crippen molar-refractivity contribution in [2.24, 2.45) is 0 Å². The molecule has 2 N–H and O–H groups in total. The summed E-state index contributed by atoms with van der Waals surface area (Å²) in [6.45, 7) is 1.43. The van der Waals surface area contributed by atoms with Gasteiger partial charge in [0.1, 0.15) is 6.04 Å². The van der Waals surface area contributed by atoms with Crippen molar-refractivity contribution < 1.29 is 14.7 Å². The van der Waals surface area contributed by atoms with Crippen LogP contribution in [0.5, 0.6) is 0 Å². The van der Waals surface area contributed by atoms with E-state index in [1.807, 2.05) is 16.8 Å². The first-order valence-corrected chi connectivity index (χ1v) is 6.37. The zero-order valence-electron chi connectivity index (χ0n) is 9.26. The molecule has 0 radical (unpaired) electrons. The van der Waals surface area contributed by atoms with E-state index in [0.717, 1.165) is 5.56 Å². The van der Waals surface area contributed by atoms with E-state index in [1.165, 1.54) is 16.2 Å². The third-order valence-electron chi connectivity index (χ3n) is 2.78. The lowest BCUT2D eigenvalue weighted by Gasteiger charge is -2.33. The van der Waals surface area contributed by atoms with Gasteiger partial charge in [0.25, 0.3) is 0 Å². The van der Waals surface area contributed by atoms with Crippen LogP contribution in [0.3, 0.4) is 0 Å². The predicted molar refractivity (Wildman–Crippen MR) is 64.0 cm³/mol. The molecule has 1 atom stereocenters. The molecular formula is C11H14N2O3S. The van der Waals surface area contributed by atoms with Crippen molar-refractivity contribution in [3.63, 3.8) is 0 Å². The maximum Gasteiger partial charge on any atom is 0.327 e. The molecule has 2 rings (SSSR count). The lowest BCUT2D eigenvalue weighted by molar-refractivity contribution is -0.150. The quantitative estimate of drug-likeness (QED) is 0.807. The first kappa shape index (κ1) is 12.1. The summed E-state index contributed by atoms with van der Waals surface area (Å²) in [5.41, 5.74) is 0.947. The Morgan fingerprint density at radius 2 is 2.41 bits per heavy atom. The van der Waals surface area contributed by atoms with E-state index in [4.69, 9.17) is 5.11 Å². The van der Waals surface area contributed by atoms with E-state index in [9.17, 15) is 9.59 Å². The van der Waals surface area contributed by atoms with Gasteiger partial charge in [0.2, 0.25) is 5.91 Å². The van der Waals surface area contributed by atoms with Gasteiger partial charge in [0.15, 0.2) is 0 Å². The monoisotopic (exact) mass is 254 g/mol. The van der Waals surface area contributed by atoms with E-state index in [-0.39, 0.29) is 12.3 Å². The Bertz CT molecular complexity index is 405. The summed E-state index contributed by atoms with van der Waals surface area (Å²) < 4.78 is 0. The van der Waals surface area contributed by atoms with E-state index in [1.54, 1.807) is 0 Å². The van der Waals surface area contributed by atoms with Gasteiger partial charge in [-0.1, -0.05) is 0 Å². The van der Waals surface area contributed by atoms with Crippen LogP contribution in [0.4, 0.5) is 0 Å². The number of hydrogen-bond donors (Lipinski definition) is 2. The minimum absolute atomic E-state index is 0.114. The number of nitrogens with one attached hydrogen (secondary N) is 1. The fourth-order valence-corrected chi connectivity index (χ4v) is 2.56. The number of carboxylic acids is 1. The summed E-state index contributed by atoms with van der Waals surface area (Å²) in [6, 6.07) is 1.15. The fourth-order valence-electron chi connectivity index (χ4n) is 1.89. The molecule has 0 aliphatic carbocycles. The normalized spacial score (nSPS) is 20.2. The molecule has 1 unspecified atom stereocenters. The molecule has 1 aliphatic rings. The molecule has 1 aromatic heterocycles. The van der Waals surface area contributed by atoms with Gasteiger partial charge in [-0.2, -0.15) is 11.3 Å². The van der Waals surface area contributed by atoms with Crippen molar-refractivity contribution in [2.75, 3.05) is 19.6 Å². The van der Waals surface area contributed by atoms with Crippen LogP contribution in [-0.4, -0.2) is 47.6 Å². The van der Waals surface area contributed by atoms with Gasteiger partial charge in [-0.05, 0) is 22.4 Å². The average Bonchev–Trinajstić information content (AvgIpc) is 2.81. The smallest absolute Gasteiger partial charge is 0.327 e. The number of rotatable bonds is 3. The first-order chi connectivity index (χ1) is 8.18. The van der Waals surface area contributed by atoms with Crippen molar-refractivity contribution >= 4 is 23.2 Å². The van der Waals surface area contributed by atoms with Crippen LogP contribution in [0.2, 0.25) is 0 Å². The highest BCUT2D eigenvalue weighted by molar-refractivity contribution is 7.07. The van der Waals surface area contributed by atoms with Gasteiger partial charge < -0.3 is 15.3 Å². The Morgan fingerprint density at radius 1 is 1.59 bits per heavy atom. The molecule has 1 fully saturated rings. The van der Waals surface area contributed by atoms with Crippen molar-refractivity contribution in [2.45, 2.75) is 12.5 Å². The Morgan fingerprint density at radius 3 is 3.06 bits per heavy atom. The number of nitrogens with zero attached hydrogens (tertiary/aromatic N) is 1. The molecule has 1 aromatic rings. The number of aliphatic carboxylic acids is 1. The molecule has 2 heterocycles. The zero-order valence-corrected chi connectivity index (χ0v) is 10.1. The summed E-state index contributed by atoms with van der Waals surface area (Å²) in [5, 5.41) is 15.9. The van der Waals surface area contributed by atoms with Crippen LogP contribution in [-0.2, 0) is 16.0 Å². The van der Waals surface area contributed by atoms with Crippen LogP contribution >= 0.6 is 11.3 Å². The van der Waals surface area contributed by atoms with E-state index in [2.05, 4.69) is 5.32 Å². The second-order valence-corrected chi connectivity index (χ2v) is 4.73. The second-order valence-electron chi connectivity index (χ2n) is 3.95. The number of thiophene rings is 1. The van der Waals surface area contributed by atoms with Crippen LogP contribution in [0.15, 0.2) is 16.8 Å². The minimum atomic E-state index is -0.948. The van der Waals surface area contributed by atoms with E-state index in [0.29, 0.717) is 19.6 Å². The number of carbonyl (C=O) groups is 2. The van der Waals surface area contributed by atoms with Gasteiger partial charge in [-0.15, -0.1) is 0 Å². The Hall–Kier alpha value is -1.40. The maximum atomic E-state index is 12.0. The van der Waals surface area contributed by atoms with Gasteiger partial charge in [0, 0.05) is 19.6 Å². The van der Waals surface area contributed by atoms with Gasteiger partial charge in [-0.25, -0.2) is 4.79 Å². The molecule has 5 nitrogen and oxygen atoms in total. The van der Waals surface area contributed by atoms with Crippen molar-refractivity contribution in [1.82, 2.24) is 10.2 Å². The lowest BCUT2D eigenvalue weighted by Crippen LogP contribution is -2.57. The number of amides is 1. The fraction of sp³-hybridized carbons (Fsp3) is 0.455. The van der Waals surface area contributed by atoms with Gasteiger partial charge >= 0.3 is 5.97 Å². The third-order valence-corrected chi connectivity index (χ3v) is 3.52. The first-order valence-electron chi connectivity index (χ1n) is 5.42. The topological polar surface area (TPSA) is 69.6 Å². The number of carboxylic acid groups (broad SMARTS) is 1. The molecule has 0 spiro atoms. The minimum Gasteiger partial charge on any atom is -0.480 e. The molecule has 6 heteroatoms. The highest BCUT2D eigenvalue weighted by atomic mass is 32.1. The second kappa shape index (κ2) is 5.29. The SMILES string of the molecule is O=C(O)C1CNCCN1C(=O)Cc1ccsc1. The zero-order chi connectivity index (χ0) is 12.3. The van der Waals surface area contributed by atoms with Crippen molar-refractivity contribution in [3.8, 4) is 0 Å². The molecule has 0 bridgehead atoms. The molecule has 92 valence electrons. The number of carbonyl (C=O) groups excluding carboxylic acids is 1. The van der Waals surface area contributed by atoms with Crippen LogP contribution in [0.25, 0.3) is 0 Å². The molecule has 1 saturated heterocycles. The molecule has 17 heavy (non-hydrogen) atoms. The highest BCUT2D eigenvalue weighted by Crippen LogP contribution is 2.11. The Kier molecular flexibility index (Phi) is 3.75. The van der Waals surface area contributed by atoms with Gasteiger partial charge in [0.05, 0.1) is 6.42 Å². The standard InChI is InChI=1S/C11H14N2O3S/c14-10(5-8-1-4-17-7-8)13-3-2-12-6-9(13)11(15)16/h1,4,7,9,12H,2-3,5-6H2,(H,15,16). The maximum absolute atomic E-state index is 12.0. The van der Waals surface area contributed by atoms with Crippen molar-refractivity contribution in [3.05, 3.63) is 22.4 Å². The number of hydrogen-bond acceptors (Lipinski definition) is 4.